The van der Waals surface area contributed by atoms with Crippen molar-refractivity contribution in [3.8, 4) is 11.5 Å². The number of amides is 2. The van der Waals surface area contributed by atoms with Crippen molar-refractivity contribution in [2.24, 2.45) is 5.92 Å². The fourth-order valence-electron chi connectivity index (χ4n) is 3.21. The molecule has 0 spiro atoms. The van der Waals surface area contributed by atoms with Crippen LogP contribution in [0.5, 0.6) is 11.5 Å². The molecule has 2 amide bonds. The molecule has 0 radical (unpaired) electrons. The maximum absolute atomic E-state index is 13.1. The zero-order chi connectivity index (χ0) is 22.0. The van der Waals surface area contributed by atoms with Crippen LogP contribution in [-0.2, 0) is 9.59 Å². The lowest BCUT2D eigenvalue weighted by molar-refractivity contribution is -0.384. The van der Waals surface area contributed by atoms with Gasteiger partial charge in [0.2, 0.25) is 5.91 Å². The van der Waals surface area contributed by atoms with Gasteiger partial charge >= 0.3 is 0 Å². The summed E-state index contributed by atoms with van der Waals surface area (Å²) in [5.74, 6) is -0.110. The van der Waals surface area contributed by atoms with Crippen LogP contribution >= 0.6 is 0 Å². The number of fused-ring (bicyclic) bond motifs is 1. The van der Waals surface area contributed by atoms with Crippen LogP contribution in [0.3, 0.4) is 0 Å². The Morgan fingerprint density at radius 3 is 2.43 bits per heavy atom. The number of nitro benzene ring substituents is 1. The third-order valence-electron chi connectivity index (χ3n) is 4.88. The molecule has 9 nitrogen and oxygen atoms in total. The average molecular weight is 413 g/mol. The normalized spacial score (nSPS) is 16.5. The highest BCUT2D eigenvalue weighted by Gasteiger charge is 2.41. The number of rotatable bonds is 6. The van der Waals surface area contributed by atoms with Gasteiger partial charge in [-0.15, -0.1) is 0 Å². The lowest BCUT2D eigenvalue weighted by Gasteiger charge is -2.38. The maximum Gasteiger partial charge on any atom is 0.273 e. The Labute approximate surface area is 173 Å². The Balaban J connectivity index is 1.92. The average Bonchev–Trinajstić information content (AvgIpc) is 2.72. The van der Waals surface area contributed by atoms with Crippen molar-refractivity contribution in [1.82, 2.24) is 0 Å². The number of hydrogen-bond acceptors (Lipinski definition) is 6. The molecule has 0 saturated carbocycles. The first-order chi connectivity index (χ1) is 14.2. The van der Waals surface area contributed by atoms with Gasteiger partial charge in [0.15, 0.2) is 11.9 Å². The summed E-state index contributed by atoms with van der Waals surface area (Å²) in [6, 6.07) is 9.93. The summed E-state index contributed by atoms with van der Waals surface area (Å²) >= 11 is 0. The van der Waals surface area contributed by atoms with Gasteiger partial charge in [-0.3, -0.25) is 24.6 Å². The van der Waals surface area contributed by atoms with Gasteiger partial charge in [0.1, 0.15) is 11.8 Å². The monoisotopic (exact) mass is 413 g/mol. The topological polar surface area (TPSA) is 111 Å². The van der Waals surface area contributed by atoms with Crippen LogP contribution in [-0.4, -0.2) is 36.0 Å². The molecule has 0 aromatic heterocycles. The van der Waals surface area contributed by atoms with E-state index < -0.39 is 23.0 Å². The number of anilines is 2. The number of nitrogens with one attached hydrogen (secondary N) is 1. The Morgan fingerprint density at radius 2 is 1.87 bits per heavy atom. The van der Waals surface area contributed by atoms with E-state index in [-0.39, 0.29) is 23.3 Å². The molecule has 2 atom stereocenters. The molecule has 2 aromatic carbocycles. The highest BCUT2D eigenvalue weighted by atomic mass is 16.6. The molecular weight excluding hydrogens is 390 g/mol. The summed E-state index contributed by atoms with van der Waals surface area (Å²) in [4.78, 5) is 37.9. The number of methoxy groups -OCH3 is 1. The van der Waals surface area contributed by atoms with Crippen LogP contribution in [0.1, 0.15) is 20.8 Å². The number of nitro groups is 1. The van der Waals surface area contributed by atoms with Crippen molar-refractivity contribution < 1.29 is 24.0 Å². The predicted molar refractivity (Wildman–Crippen MR) is 111 cm³/mol. The zero-order valence-corrected chi connectivity index (χ0v) is 17.1. The summed E-state index contributed by atoms with van der Waals surface area (Å²) in [6.45, 7) is 5.22. The minimum atomic E-state index is -0.870. The van der Waals surface area contributed by atoms with Crippen LogP contribution in [0.2, 0.25) is 0 Å². The molecule has 0 saturated heterocycles. The number of nitrogens with zero attached hydrogens (tertiary/aromatic N) is 2. The summed E-state index contributed by atoms with van der Waals surface area (Å²) in [6.07, 6.45) is -0.851. The van der Waals surface area contributed by atoms with Crippen LogP contribution in [0, 0.1) is 16.0 Å². The maximum atomic E-state index is 13.1. The molecule has 0 fully saturated rings. The first-order valence-electron chi connectivity index (χ1n) is 9.46. The minimum Gasteiger partial charge on any atom is -0.497 e. The fraction of sp³-hybridized carbons (Fsp3) is 0.333. The Kier molecular flexibility index (Phi) is 5.91. The van der Waals surface area contributed by atoms with Crippen LogP contribution in [0.25, 0.3) is 0 Å². The lowest BCUT2D eigenvalue weighted by Crippen LogP contribution is -2.55. The van der Waals surface area contributed by atoms with E-state index in [1.54, 1.807) is 38.3 Å². The van der Waals surface area contributed by atoms with Gasteiger partial charge in [0.05, 0.1) is 23.8 Å². The summed E-state index contributed by atoms with van der Waals surface area (Å²) in [5.41, 5.74) is 0.721. The van der Waals surface area contributed by atoms with E-state index in [0.29, 0.717) is 17.1 Å². The van der Waals surface area contributed by atoms with E-state index in [4.69, 9.17) is 9.47 Å². The molecule has 1 aliphatic rings. The molecule has 0 aliphatic carbocycles. The lowest BCUT2D eigenvalue weighted by atomic mass is 10.0. The second kappa shape index (κ2) is 8.40. The quantitative estimate of drug-likeness (QED) is 0.574. The molecule has 3 rings (SSSR count). The fourth-order valence-corrected chi connectivity index (χ4v) is 3.21. The summed E-state index contributed by atoms with van der Waals surface area (Å²) in [7, 11) is 1.55. The number of ether oxygens (including phenoxy) is 2. The van der Waals surface area contributed by atoms with E-state index in [1.807, 2.05) is 13.8 Å². The molecule has 30 heavy (non-hydrogen) atoms. The standard InChI is InChI=1S/C21H23N3O6/c1-12(2)19-21(26)23(17-10-7-15(24(27)28)11-18(17)30-19)13(3)20(25)22-14-5-8-16(29-4)9-6-14/h5-13,19H,1-4H3,(H,22,25). The molecule has 1 aliphatic heterocycles. The van der Waals surface area contributed by atoms with Crippen LogP contribution in [0.4, 0.5) is 17.1 Å². The Morgan fingerprint density at radius 1 is 1.20 bits per heavy atom. The molecule has 0 bridgehead atoms. The van der Waals surface area contributed by atoms with Crippen molar-refractivity contribution in [3.63, 3.8) is 0 Å². The molecule has 9 heteroatoms. The van der Waals surface area contributed by atoms with Crippen molar-refractivity contribution in [2.45, 2.75) is 32.9 Å². The second-order valence-electron chi connectivity index (χ2n) is 7.29. The smallest absolute Gasteiger partial charge is 0.273 e. The van der Waals surface area contributed by atoms with Gasteiger partial charge in [-0.2, -0.15) is 0 Å². The van der Waals surface area contributed by atoms with Crippen molar-refractivity contribution >= 4 is 28.9 Å². The Bertz CT molecular complexity index is 973. The molecule has 2 aromatic rings. The van der Waals surface area contributed by atoms with E-state index in [1.165, 1.54) is 23.1 Å². The van der Waals surface area contributed by atoms with E-state index in [0.717, 1.165) is 0 Å². The summed E-state index contributed by atoms with van der Waals surface area (Å²) in [5, 5.41) is 13.9. The van der Waals surface area contributed by atoms with Crippen molar-refractivity contribution in [2.75, 3.05) is 17.3 Å². The molecular formula is C21H23N3O6. The van der Waals surface area contributed by atoms with Gasteiger partial charge in [0, 0.05) is 11.8 Å². The first kappa shape index (κ1) is 21.1. The van der Waals surface area contributed by atoms with Crippen molar-refractivity contribution in [3.05, 3.63) is 52.6 Å². The van der Waals surface area contributed by atoms with Gasteiger partial charge < -0.3 is 14.8 Å². The van der Waals surface area contributed by atoms with E-state index in [2.05, 4.69) is 5.32 Å². The van der Waals surface area contributed by atoms with Crippen LogP contribution < -0.4 is 19.7 Å². The molecule has 1 heterocycles. The predicted octanol–water partition coefficient (Wildman–Crippen LogP) is 3.38. The first-order valence-corrected chi connectivity index (χ1v) is 9.46. The number of benzene rings is 2. The van der Waals surface area contributed by atoms with E-state index >= 15 is 0 Å². The third-order valence-corrected chi connectivity index (χ3v) is 4.88. The molecule has 158 valence electrons. The summed E-state index contributed by atoms with van der Waals surface area (Å²) < 4.78 is 10.9. The van der Waals surface area contributed by atoms with Gasteiger partial charge in [0.25, 0.3) is 11.6 Å². The highest BCUT2D eigenvalue weighted by molar-refractivity contribution is 6.08. The van der Waals surface area contributed by atoms with Gasteiger partial charge in [-0.1, -0.05) is 13.8 Å². The van der Waals surface area contributed by atoms with Crippen molar-refractivity contribution in [1.29, 1.82) is 0 Å². The number of non-ortho nitro benzene ring substituents is 1. The number of hydrogen-bond donors (Lipinski definition) is 1. The van der Waals surface area contributed by atoms with Crippen LogP contribution in [0.15, 0.2) is 42.5 Å². The highest BCUT2D eigenvalue weighted by Crippen LogP contribution is 2.39. The van der Waals surface area contributed by atoms with E-state index in [9.17, 15) is 19.7 Å². The van der Waals surface area contributed by atoms with Gasteiger partial charge in [-0.25, -0.2) is 0 Å². The Hall–Kier alpha value is -3.62. The largest absolute Gasteiger partial charge is 0.497 e. The molecule has 1 N–H and O–H groups in total. The third kappa shape index (κ3) is 4.05. The zero-order valence-electron chi connectivity index (χ0n) is 17.1. The number of carbonyl (C=O) groups is 2. The molecule has 2 unspecified atom stereocenters. The van der Waals surface area contributed by atoms with Gasteiger partial charge in [-0.05, 0) is 43.2 Å². The second-order valence-corrected chi connectivity index (χ2v) is 7.29. The SMILES string of the molecule is COc1ccc(NC(=O)C(C)N2C(=O)C(C(C)C)Oc3cc([N+](=O)[O-])ccc32)cc1. The minimum absolute atomic E-state index is 0.152. The number of carbonyl (C=O) groups excluding carboxylic acids is 2.